The second-order valence-electron chi connectivity index (χ2n) is 7.28. The molecule has 4 aromatic rings. The first-order chi connectivity index (χ1) is 16.2. The van der Waals surface area contributed by atoms with Crippen LogP contribution in [0.2, 0.25) is 0 Å². The van der Waals surface area contributed by atoms with Crippen LogP contribution in [0.3, 0.4) is 0 Å². The van der Waals surface area contributed by atoms with E-state index in [9.17, 15) is 4.39 Å². The number of ether oxygens (including phenoxy) is 1. The number of aliphatic imine (C=N–C) groups is 1. The molecular weight excluding hydrogens is 546 g/mol. The van der Waals surface area contributed by atoms with E-state index in [1.54, 1.807) is 43.8 Å². The van der Waals surface area contributed by atoms with Crippen molar-refractivity contribution in [2.75, 3.05) is 13.6 Å². The minimum absolute atomic E-state index is 0. The molecule has 0 unspecified atom stereocenters. The summed E-state index contributed by atoms with van der Waals surface area (Å²) < 4.78 is 21.8. The molecule has 0 fully saturated rings. The fourth-order valence-electron chi connectivity index (χ4n) is 3.24. The summed E-state index contributed by atoms with van der Waals surface area (Å²) in [7, 11) is 1.71. The summed E-state index contributed by atoms with van der Waals surface area (Å²) in [4.78, 5) is 8.20. The SMILES string of the molecule is CN=C(NCCc1ccc(-n2cccn2)cc1)NCc1ccc(Oc2cccnc2)c(F)c1.I. The third-order valence-corrected chi connectivity index (χ3v) is 4.95. The molecule has 2 aromatic heterocycles. The van der Waals surface area contributed by atoms with Crippen molar-refractivity contribution in [3.63, 3.8) is 0 Å². The normalized spacial score (nSPS) is 10.9. The van der Waals surface area contributed by atoms with E-state index in [1.165, 1.54) is 11.6 Å². The molecular formula is C25H26FIN6O. The van der Waals surface area contributed by atoms with Crippen molar-refractivity contribution >= 4 is 29.9 Å². The van der Waals surface area contributed by atoms with E-state index in [1.807, 2.05) is 35.1 Å². The van der Waals surface area contributed by atoms with Crippen LogP contribution in [-0.4, -0.2) is 34.3 Å². The van der Waals surface area contributed by atoms with Crippen LogP contribution in [0.1, 0.15) is 11.1 Å². The van der Waals surface area contributed by atoms with Crippen LogP contribution >= 0.6 is 24.0 Å². The summed E-state index contributed by atoms with van der Waals surface area (Å²) >= 11 is 0. The van der Waals surface area contributed by atoms with Gasteiger partial charge in [0, 0.05) is 38.7 Å². The molecule has 2 N–H and O–H groups in total. The van der Waals surface area contributed by atoms with Crippen molar-refractivity contribution in [3.8, 4) is 17.2 Å². The van der Waals surface area contributed by atoms with Crippen molar-refractivity contribution in [1.82, 2.24) is 25.4 Å². The number of rotatable bonds is 8. The first-order valence-electron chi connectivity index (χ1n) is 10.6. The van der Waals surface area contributed by atoms with Gasteiger partial charge in [-0.1, -0.05) is 18.2 Å². The molecule has 0 amide bonds. The number of halogens is 2. The van der Waals surface area contributed by atoms with Crippen LogP contribution in [0.5, 0.6) is 11.5 Å². The smallest absolute Gasteiger partial charge is 0.191 e. The van der Waals surface area contributed by atoms with Crippen LogP contribution in [0.15, 0.2) is 90.4 Å². The largest absolute Gasteiger partial charge is 0.453 e. The van der Waals surface area contributed by atoms with E-state index < -0.39 is 5.82 Å². The Labute approximate surface area is 215 Å². The highest BCUT2D eigenvalue weighted by Crippen LogP contribution is 2.24. The van der Waals surface area contributed by atoms with Crippen LogP contribution in [0, 0.1) is 5.82 Å². The second-order valence-corrected chi connectivity index (χ2v) is 7.28. The fraction of sp³-hybridized carbons (Fsp3) is 0.160. The van der Waals surface area contributed by atoms with Crippen molar-refractivity contribution in [2.24, 2.45) is 4.99 Å². The lowest BCUT2D eigenvalue weighted by atomic mass is 10.1. The second kappa shape index (κ2) is 12.7. The Kier molecular flexibility index (Phi) is 9.39. The Morgan fingerprint density at radius 1 is 1.03 bits per heavy atom. The quantitative estimate of drug-likeness (QED) is 0.182. The topological polar surface area (TPSA) is 76.4 Å². The van der Waals surface area contributed by atoms with Crippen molar-refractivity contribution in [1.29, 1.82) is 0 Å². The highest BCUT2D eigenvalue weighted by atomic mass is 127. The fourth-order valence-corrected chi connectivity index (χ4v) is 3.24. The standard InChI is InChI=1S/C25H25FN6O.HI/c1-27-25(29-14-11-19-5-8-21(9-6-19)32-15-3-13-31-32)30-17-20-7-10-24(23(26)16-20)33-22-4-2-12-28-18-22;/h2-10,12-13,15-16,18H,11,14,17H2,1H3,(H2,27,29,30);1H. The maximum atomic E-state index is 14.4. The van der Waals surface area contributed by atoms with Gasteiger partial charge < -0.3 is 15.4 Å². The first-order valence-corrected chi connectivity index (χ1v) is 10.6. The molecule has 0 spiro atoms. The lowest BCUT2D eigenvalue weighted by Crippen LogP contribution is -2.37. The minimum atomic E-state index is -0.431. The summed E-state index contributed by atoms with van der Waals surface area (Å²) in [5.74, 6) is 0.870. The molecule has 0 aliphatic rings. The molecule has 2 heterocycles. The zero-order valence-corrected chi connectivity index (χ0v) is 21.0. The molecule has 4 rings (SSSR count). The maximum absolute atomic E-state index is 14.4. The van der Waals surface area contributed by atoms with E-state index >= 15 is 0 Å². The Morgan fingerprint density at radius 2 is 1.85 bits per heavy atom. The van der Waals surface area contributed by atoms with Crippen molar-refractivity contribution in [3.05, 3.63) is 102 Å². The zero-order valence-electron chi connectivity index (χ0n) is 18.7. The van der Waals surface area contributed by atoms with Gasteiger partial charge in [-0.05, 0) is 60.0 Å². The summed E-state index contributed by atoms with van der Waals surface area (Å²) in [6, 6.07) is 18.5. The van der Waals surface area contributed by atoms with Gasteiger partial charge in [-0.2, -0.15) is 5.10 Å². The number of hydrogen-bond donors (Lipinski definition) is 2. The Hall–Kier alpha value is -3.47. The molecule has 176 valence electrons. The van der Waals surface area contributed by atoms with Gasteiger partial charge in [0.15, 0.2) is 17.5 Å². The van der Waals surface area contributed by atoms with Crippen LogP contribution in [0.4, 0.5) is 4.39 Å². The number of hydrogen-bond acceptors (Lipinski definition) is 4. The molecule has 0 saturated heterocycles. The lowest BCUT2D eigenvalue weighted by Gasteiger charge is -2.13. The van der Waals surface area contributed by atoms with Gasteiger partial charge in [0.25, 0.3) is 0 Å². The number of nitrogens with one attached hydrogen (secondary N) is 2. The predicted octanol–water partition coefficient (Wildman–Crippen LogP) is 4.72. The molecule has 34 heavy (non-hydrogen) atoms. The monoisotopic (exact) mass is 572 g/mol. The highest BCUT2D eigenvalue weighted by molar-refractivity contribution is 14.0. The van der Waals surface area contributed by atoms with E-state index in [-0.39, 0.29) is 29.7 Å². The summed E-state index contributed by atoms with van der Waals surface area (Å²) in [6.07, 6.45) is 7.69. The molecule has 0 radical (unpaired) electrons. The maximum Gasteiger partial charge on any atom is 0.191 e. The number of nitrogens with zero attached hydrogens (tertiary/aromatic N) is 4. The van der Waals surface area contributed by atoms with Gasteiger partial charge in [0.1, 0.15) is 5.75 Å². The predicted molar refractivity (Wildman–Crippen MR) is 142 cm³/mol. The molecule has 7 nitrogen and oxygen atoms in total. The average molecular weight is 572 g/mol. The van der Waals surface area contributed by atoms with Crippen LogP contribution in [0.25, 0.3) is 5.69 Å². The Bertz CT molecular complexity index is 1180. The van der Waals surface area contributed by atoms with E-state index in [4.69, 9.17) is 4.74 Å². The highest BCUT2D eigenvalue weighted by Gasteiger charge is 2.07. The van der Waals surface area contributed by atoms with Gasteiger partial charge in [-0.15, -0.1) is 24.0 Å². The van der Waals surface area contributed by atoms with E-state index in [0.717, 1.165) is 17.7 Å². The van der Waals surface area contributed by atoms with Gasteiger partial charge in [0.05, 0.1) is 11.9 Å². The number of pyridine rings is 1. The molecule has 9 heteroatoms. The molecule has 0 saturated carbocycles. The molecule has 0 aliphatic heterocycles. The number of aromatic nitrogens is 3. The number of guanidine groups is 1. The van der Waals surface area contributed by atoms with Gasteiger partial charge in [-0.25, -0.2) is 9.07 Å². The van der Waals surface area contributed by atoms with Gasteiger partial charge >= 0.3 is 0 Å². The number of benzene rings is 2. The van der Waals surface area contributed by atoms with Crippen molar-refractivity contribution in [2.45, 2.75) is 13.0 Å². The van der Waals surface area contributed by atoms with Crippen LogP contribution < -0.4 is 15.4 Å². The third-order valence-electron chi connectivity index (χ3n) is 4.95. The average Bonchev–Trinajstić information content (AvgIpc) is 3.39. The Balaban J connectivity index is 0.00000324. The zero-order chi connectivity index (χ0) is 22.9. The molecule has 0 bridgehead atoms. The van der Waals surface area contributed by atoms with Gasteiger partial charge in [-0.3, -0.25) is 9.98 Å². The molecule has 0 aliphatic carbocycles. The lowest BCUT2D eigenvalue weighted by molar-refractivity contribution is 0.440. The van der Waals surface area contributed by atoms with E-state index in [2.05, 4.69) is 37.8 Å². The third kappa shape index (κ3) is 7.01. The summed E-state index contributed by atoms with van der Waals surface area (Å²) in [5.41, 5.74) is 3.02. The van der Waals surface area contributed by atoms with Crippen LogP contribution in [-0.2, 0) is 13.0 Å². The minimum Gasteiger partial charge on any atom is -0.453 e. The first kappa shape index (κ1) is 25.2. The Morgan fingerprint density at radius 3 is 2.53 bits per heavy atom. The molecule has 2 aromatic carbocycles. The van der Waals surface area contributed by atoms with Crippen molar-refractivity contribution < 1.29 is 9.13 Å². The summed E-state index contributed by atoms with van der Waals surface area (Å²) in [6.45, 7) is 1.15. The van der Waals surface area contributed by atoms with E-state index in [0.29, 0.717) is 24.8 Å². The summed E-state index contributed by atoms with van der Waals surface area (Å²) in [5, 5.41) is 10.7. The molecule has 0 atom stereocenters. The van der Waals surface area contributed by atoms with Gasteiger partial charge in [0.2, 0.25) is 0 Å².